The van der Waals surface area contributed by atoms with Crippen LogP contribution in [0.25, 0.3) is 10.1 Å². The molecule has 0 spiro atoms. The number of nitrogens with zero attached hydrogens (tertiary/aromatic N) is 2. The maximum atomic E-state index is 2.70. The normalized spacial score (nSPS) is 19.1. The summed E-state index contributed by atoms with van der Waals surface area (Å²) in [6, 6.07) is 34.9. The molecule has 0 bridgehead atoms. The molecule has 0 saturated heterocycles. The second-order valence-corrected chi connectivity index (χ2v) is 26.1. The van der Waals surface area contributed by atoms with Crippen LogP contribution in [0.15, 0.2) is 84.9 Å². The second-order valence-electron chi connectivity index (χ2n) is 25.0. The van der Waals surface area contributed by atoms with Crippen molar-refractivity contribution in [3.05, 3.63) is 124 Å². The summed E-state index contributed by atoms with van der Waals surface area (Å²) < 4.78 is 2.89. The number of hydrogen-bond donors (Lipinski definition) is 0. The first-order valence-electron chi connectivity index (χ1n) is 24.1. The van der Waals surface area contributed by atoms with Crippen LogP contribution in [0.1, 0.15) is 181 Å². The Balaban J connectivity index is 1.35. The van der Waals surface area contributed by atoms with Gasteiger partial charge in [-0.2, -0.15) is 0 Å². The van der Waals surface area contributed by atoms with E-state index in [1.807, 2.05) is 0 Å². The summed E-state index contributed by atoms with van der Waals surface area (Å²) >= 11 is 2.07. The minimum atomic E-state index is 0.0637. The molecule has 0 radical (unpaired) electrons. The van der Waals surface area contributed by atoms with Gasteiger partial charge in [0.2, 0.25) is 0 Å². The summed E-state index contributed by atoms with van der Waals surface area (Å²) in [5.41, 5.74) is 21.5. The lowest BCUT2D eigenvalue weighted by atomic mass is 9.35. The lowest BCUT2D eigenvalue weighted by Crippen LogP contribution is -2.61. The molecule has 0 N–H and O–H groups in total. The average Bonchev–Trinajstić information content (AvgIpc) is 3.58. The molecule has 0 unspecified atom stereocenters. The monoisotopic (exact) mass is 851 g/mol. The van der Waals surface area contributed by atoms with Gasteiger partial charge in [0.15, 0.2) is 0 Å². The number of fused-ring (bicyclic) bond motifs is 8. The highest BCUT2D eigenvalue weighted by Crippen LogP contribution is 2.54. The van der Waals surface area contributed by atoms with E-state index in [4.69, 9.17) is 0 Å². The molecule has 4 aliphatic rings. The standard InChI is InChI=1S/C59H71BN2S/c1-35(2)36-29-48-51-49(30-36)62(40-23-19-38(20-24-40)55(6,7)8)52-41-31-42-45(59(15,16)28-25-56(42,9)10)34-50(41)63-53(52)60(51)46-32-43-44(58(13,14)27-26-57(43,11)12)33-47(46)61(48)39-21-17-37(18-22-39)54(3,4)5/h17-24,29-35H,25-28H2,1-16H3. The fourth-order valence-corrected chi connectivity index (χ4v) is 13.1. The van der Waals surface area contributed by atoms with Crippen LogP contribution in [0.3, 0.4) is 0 Å². The van der Waals surface area contributed by atoms with Gasteiger partial charge in [0.05, 0.1) is 5.69 Å². The molecule has 10 rings (SSSR count). The zero-order valence-corrected chi connectivity index (χ0v) is 42.2. The van der Waals surface area contributed by atoms with Gasteiger partial charge in [-0.15, -0.1) is 11.3 Å². The predicted octanol–water partition coefficient (Wildman–Crippen LogP) is 15.4. The van der Waals surface area contributed by atoms with Crippen LogP contribution >= 0.6 is 11.3 Å². The number of rotatable bonds is 3. The SMILES string of the molecule is CC(C)c1cc2c3c(c1)N(c1ccc(C(C)(C)C)cc1)c1c(sc4cc5c(cc14)C(C)(C)CCC5(C)C)B3c1cc3c(cc1N2c1ccc(C(C)(C)C)cc1)C(C)(C)CCC3(C)C. The zero-order chi connectivity index (χ0) is 45.1. The summed E-state index contributed by atoms with van der Waals surface area (Å²) in [5.74, 6) is 0.348. The molecule has 0 fully saturated rings. The van der Waals surface area contributed by atoms with Gasteiger partial charge in [0, 0.05) is 43.3 Å². The first kappa shape index (κ1) is 42.7. The van der Waals surface area contributed by atoms with Crippen LogP contribution < -0.4 is 25.5 Å². The van der Waals surface area contributed by atoms with Gasteiger partial charge in [0.25, 0.3) is 6.71 Å². The third kappa shape index (κ3) is 6.53. The van der Waals surface area contributed by atoms with Crippen LogP contribution in [0, 0.1) is 0 Å². The van der Waals surface area contributed by atoms with E-state index in [0.717, 1.165) is 0 Å². The maximum absolute atomic E-state index is 2.70. The van der Waals surface area contributed by atoms with E-state index in [-0.39, 0.29) is 39.2 Å². The van der Waals surface area contributed by atoms with Crippen molar-refractivity contribution in [2.75, 3.05) is 9.80 Å². The summed E-state index contributed by atoms with van der Waals surface area (Å²) in [5, 5.41) is 1.41. The largest absolute Gasteiger partial charge is 0.311 e. The van der Waals surface area contributed by atoms with Crippen molar-refractivity contribution in [3.63, 3.8) is 0 Å². The number of benzene rings is 5. The molecule has 1 aromatic heterocycles. The highest BCUT2D eigenvalue weighted by Gasteiger charge is 2.49. The highest BCUT2D eigenvalue weighted by molar-refractivity contribution is 7.33. The molecule has 4 heteroatoms. The van der Waals surface area contributed by atoms with Crippen molar-refractivity contribution >= 4 is 78.0 Å². The summed E-state index contributed by atoms with van der Waals surface area (Å²) in [6.45, 7) is 38.7. The number of anilines is 6. The Morgan fingerprint density at radius 3 is 1.43 bits per heavy atom. The van der Waals surface area contributed by atoms with Gasteiger partial charge >= 0.3 is 0 Å². The molecule has 0 atom stereocenters. The molecule has 2 aliphatic heterocycles. The summed E-state index contributed by atoms with van der Waals surface area (Å²) in [7, 11) is 0. The Hall–Kier alpha value is -4.28. The van der Waals surface area contributed by atoms with E-state index in [0.29, 0.717) is 5.92 Å². The molecular weight excluding hydrogens is 780 g/mol. The maximum Gasteiger partial charge on any atom is 0.264 e. The molecule has 63 heavy (non-hydrogen) atoms. The highest BCUT2D eigenvalue weighted by atomic mass is 32.1. The first-order chi connectivity index (χ1) is 29.3. The predicted molar refractivity (Wildman–Crippen MR) is 278 cm³/mol. The quantitative estimate of drug-likeness (QED) is 0.163. The smallest absolute Gasteiger partial charge is 0.264 e. The van der Waals surface area contributed by atoms with Gasteiger partial charge in [-0.3, -0.25) is 0 Å². The molecule has 0 saturated carbocycles. The minimum absolute atomic E-state index is 0.0637. The van der Waals surface area contributed by atoms with E-state index >= 15 is 0 Å². The van der Waals surface area contributed by atoms with Crippen molar-refractivity contribution in [1.29, 1.82) is 0 Å². The molecular formula is C59H71BN2S. The van der Waals surface area contributed by atoms with Gasteiger partial charge in [-0.05, 0) is 169 Å². The molecule has 2 aliphatic carbocycles. The van der Waals surface area contributed by atoms with Crippen LogP contribution in [0.5, 0.6) is 0 Å². The lowest BCUT2D eigenvalue weighted by molar-refractivity contribution is 0.332. The molecule has 326 valence electrons. The topological polar surface area (TPSA) is 6.48 Å². The number of hydrogen-bond acceptors (Lipinski definition) is 3. The van der Waals surface area contributed by atoms with Gasteiger partial charge in [-0.1, -0.05) is 141 Å². The van der Waals surface area contributed by atoms with E-state index in [2.05, 4.69) is 217 Å². The van der Waals surface area contributed by atoms with Crippen LogP contribution in [0.4, 0.5) is 34.1 Å². The third-order valence-corrected chi connectivity index (χ3v) is 17.5. The Kier molecular flexibility index (Phi) is 9.23. The third-order valence-electron chi connectivity index (χ3n) is 16.3. The fraction of sp³-hybridized carbons (Fsp3) is 0.458. The van der Waals surface area contributed by atoms with Gasteiger partial charge < -0.3 is 9.80 Å². The molecule has 3 heterocycles. The zero-order valence-electron chi connectivity index (χ0n) is 41.4. The van der Waals surface area contributed by atoms with Crippen molar-refractivity contribution in [3.8, 4) is 0 Å². The van der Waals surface area contributed by atoms with Crippen LogP contribution in [-0.2, 0) is 32.5 Å². The Labute approximate surface area is 384 Å². The van der Waals surface area contributed by atoms with E-state index in [1.54, 1.807) is 0 Å². The minimum Gasteiger partial charge on any atom is -0.311 e. The van der Waals surface area contributed by atoms with E-state index in [9.17, 15) is 0 Å². The van der Waals surface area contributed by atoms with E-state index < -0.39 is 0 Å². The summed E-state index contributed by atoms with van der Waals surface area (Å²) in [6.07, 6.45) is 4.79. The van der Waals surface area contributed by atoms with E-state index in [1.165, 1.54) is 125 Å². The molecule has 5 aromatic carbocycles. The average molecular weight is 851 g/mol. The second kappa shape index (κ2) is 13.6. The Morgan fingerprint density at radius 2 is 0.952 bits per heavy atom. The van der Waals surface area contributed by atoms with Crippen molar-refractivity contribution < 1.29 is 0 Å². The molecule has 2 nitrogen and oxygen atoms in total. The number of thiophene rings is 1. The Morgan fingerprint density at radius 1 is 0.524 bits per heavy atom. The van der Waals surface area contributed by atoms with Crippen molar-refractivity contribution in [2.24, 2.45) is 0 Å². The van der Waals surface area contributed by atoms with Gasteiger partial charge in [0.1, 0.15) is 0 Å². The molecule has 0 amide bonds. The fourth-order valence-electron chi connectivity index (χ4n) is 11.7. The van der Waals surface area contributed by atoms with Crippen LogP contribution in [-0.4, -0.2) is 6.71 Å². The molecule has 6 aromatic rings. The van der Waals surface area contributed by atoms with Gasteiger partial charge in [-0.25, -0.2) is 0 Å². The first-order valence-corrected chi connectivity index (χ1v) is 24.9. The Bertz CT molecular complexity index is 2830. The summed E-state index contributed by atoms with van der Waals surface area (Å²) in [4.78, 5) is 5.37. The van der Waals surface area contributed by atoms with Crippen molar-refractivity contribution in [1.82, 2.24) is 0 Å². The van der Waals surface area contributed by atoms with Crippen LogP contribution in [0.2, 0.25) is 0 Å². The van der Waals surface area contributed by atoms with Crippen molar-refractivity contribution in [2.45, 2.75) is 175 Å². The lowest BCUT2D eigenvalue weighted by Gasteiger charge is -2.47.